The molecule has 42 heavy (non-hydrogen) atoms. The molecule has 0 aliphatic carbocycles. The molecule has 0 spiro atoms. The number of hydrazine groups is 1. The molecule has 0 unspecified atom stereocenters. The van der Waals surface area contributed by atoms with E-state index >= 15 is 0 Å². The molecule has 0 radical (unpaired) electrons. The van der Waals surface area contributed by atoms with Gasteiger partial charge in [-0.25, -0.2) is 0 Å². The van der Waals surface area contributed by atoms with Crippen molar-refractivity contribution < 1.29 is 18.4 Å². The summed E-state index contributed by atoms with van der Waals surface area (Å²) in [5.41, 5.74) is 7.33. The maximum atomic E-state index is 13.4. The first-order chi connectivity index (χ1) is 19.2. The Hall–Kier alpha value is -2.69. The van der Waals surface area contributed by atoms with E-state index in [-0.39, 0.29) is 15.1 Å². The Kier molecular flexibility index (Phi) is 11.6. The number of halogens is 1. The first-order valence-electron chi connectivity index (χ1n) is 14.2. The zero-order valence-electron chi connectivity index (χ0n) is 26.9. The van der Waals surface area contributed by atoms with Crippen molar-refractivity contribution in [3.63, 3.8) is 0 Å². The van der Waals surface area contributed by atoms with E-state index in [4.69, 9.17) is 20.5 Å². The minimum atomic E-state index is -2.24. The van der Waals surface area contributed by atoms with Crippen LogP contribution in [0.5, 0.6) is 0 Å². The minimum Gasteiger partial charge on any atom is -0.413 e. The van der Waals surface area contributed by atoms with Gasteiger partial charge >= 0.3 is 0 Å². The summed E-state index contributed by atoms with van der Waals surface area (Å²) in [4.78, 5) is 26.3. The number of hydrogen-bond acceptors (Lipinski definition) is 6. The third-order valence-corrected chi connectivity index (χ3v) is 17.7. The number of nitrogens with one attached hydrogen (secondary N) is 3. The number of hydrogen-bond donors (Lipinski definition) is 3. The molecule has 0 saturated heterocycles. The lowest BCUT2D eigenvalue weighted by molar-refractivity contribution is -0.124. The predicted molar refractivity (Wildman–Crippen MR) is 175 cm³/mol. The molecule has 2 amide bonds. The van der Waals surface area contributed by atoms with Crippen LogP contribution in [0.4, 0.5) is 5.69 Å². The highest BCUT2D eigenvalue weighted by atomic mass is 35.5. The topological polar surface area (TPSA) is 112 Å². The van der Waals surface area contributed by atoms with E-state index in [0.29, 0.717) is 23.4 Å². The van der Waals surface area contributed by atoms with Gasteiger partial charge in [-0.1, -0.05) is 65.3 Å². The van der Waals surface area contributed by atoms with Crippen molar-refractivity contribution in [3.05, 3.63) is 64.2 Å². The first-order valence-corrected chi connectivity index (χ1v) is 20.3. The summed E-state index contributed by atoms with van der Waals surface area (Å²) in [7, 11) is -4.13. The van der Waals surface area contributed by atoms with Crippen LogP contribution >= 0.6 is 11.6 Å². The standard InChI is InChI=1S/C31H47ClN4O4Si2/c1-21(40-42(10,11)31(5,6)7)27(34-25-17-16-24(19-33)26(32)18-25)29(38)36-35-28(37)23-14-12-22(13-15-23)20-39-41(8,9)30(2,3)4/h12-18,21,27,34H,20H2,1-11H3,(H,35,37)(H,36,38)/t21-,27+/m0/s1. The van der Waals surface area contributed by atoms with E-state index in [1.807, 2.05) is 25.1 Å². The number of benzene rings is 2. The number of rotatable bonds is 10. The number of anilines is 1. The van der Waals surface area contributed by atoms with E-state index < -0.39 is 40.6 Å². The highest BCUT2D eigenvalue weighted by Gasteiger charge is 2.41. The van der Waals surface area contributed by atoms with Gasteiger partial charge in [-0.3, -0.25) is 20.4 Å². The van der Waals surface area contributed by atoms with Gasteiger partial charge in [-0.15, -0.1) is 0 Å². The van der Waals surface area contributed by atoms with Crippen LogP contribution in [0.1, 0.15) is 70.0 Å². The normalized spacial score (nSPS) is 14.0. The molecule has 0 heterocycles. The van der Waals surface area contributed by atoms with Crippen LogP contribution in [-0.4, -0.2) is 40.6 Å². The van der Waals surface area contributed by atoms with Crippen LogP contribution in [0, 0.1) is 11.3 Å². The van der Waals surface area contributed by atoms with Crippen molar-refractivity contribution in [1.29, 1.82) is 5.26 Å². The summed E-state index contributed by atoms with van der Waals surface area (Å²) in [5, 5.41) is 12.7. The molecule has 0 bridgehead atoms. The van der Waals surface area contributed by atoms with Gasteiger partial charge in [0.05, 0.1) is 23.3 Å². The van der Waals surface area contributed by atoms with Crippen molar-refractivity contribution >= 4 is 45.7 Å². The van der Waals surface area contributed by atoms with Gasteiger partial charge in [0.25, 0.3) is 11.8 Å². The largest absolute Gasteiger partial charge is 0.413 e. The molecule has 0 aromatic heterocycles. The second-order valence-corrected chi connectivity index (χ2v) is 23.7. The van der Waals surface area contributed by atoms with Gasteiger partial charge in [-0.2, -0.15) is 5.26 Å². The van der Waals surface area contributed by atoms with Gasteiger partial charge < -0.3 is 14.2 Å². The molecular formula is C31H47ClN4O4Si2. The third-order valence-electron chi connectivity index (χ3n) is 8.37. The Morgan fingerprint density at radius 3 is 2.00 bits per heavy atom. The monoisotopic (exact) mass is 630 g/mol. The number of carbonyl (C=O) groups is 2. The highest BCUT2D eigenvalue weighted by Crippen LogP contribution is 2.38. The fraction of sp³-hybridized carbons (Fsp3) is 0.516. The Balaban J connectivity index is 2.15. The fourth-order valence-electron chi connectivity index (χ4n) is 3.48. The lowest BCUT2D eigenvalue weighted by Gasteiger charge is -2.40. The zero-order valence-corrected chi connectivity index (χ0v) is 29.6. The summed E-state index contributed by atoms with van der Waals surface area (Å²) in [6, 6.07) is 13.2. The molecule has 0 aliphatic rings. The van der Waals surface area contributed by atoms with Gasteiger partial charge in [0, 0.05) is 11.3 Å². The SMILES string of the molecule is C[C@H](O[Si](C)(C)C(C)(C)C)[C@@H](Nc1ccc(C#N)c(Cl)c1)C(=O)NNC(=O)c1ccc(CO[Si](C)(C)C(C)(C)C)cc1. The van der Waals surface area contributed by atoms with Crippen LogP contribution < -0.4 is 16.2 Å². The lowest BCUT2D eigenvalue weighted by Crippen LogP contribution is -2.55. The van der Waals surface area contributed by atoms with E-state index in [1.165, 1.54) is 0 Å². The number of nitriles is 1. The van der Waals surface area contributed by atoms with E-state index in [9.17, 15) is 14.9 Å². The highest BCUT2D eigenvalue weighted by molar-refractivity contribution is 6.74. The van der Waals surface area contributed by atoms with Crippen LogP contribution in [0.15, 0.2) is 42.5 Å². The van der Waals surface area contributed by atoms with E-state index in [2.05, 4.69) is 83.9 Å². The maximum Gasteiger partial charge on any atom is 0.269 e. The Morgan fingerprint density at radius 1 is 0.929 bits per heavy atom. The molecular weight excluding hydrogens is 584 g/mol. The lowest BCUT2D eigenvalue weighted by atomic mass is 10.1. The predicted octanol–water partition coefficient (Wildman–Crippen LogP) is 7.39. The summed E-state index contributed by atoms with van der Waals surface area (Å²) in [5.74, 6) is -0.923. The number of carbonyl (C=O) groups excluding carboxylic acids is 2. The smallest absolute Gasteiger partial charge is 0.269 e. The molecule has 2 aromatic carbocycles. The van der Waals surface area contributed by atoms with Gasteiger partial charge in [0.2, 0.25) is 0 Å². The van der Waals surface area contributed by atoms with Crippen LogP contribution in [-0.2, 0) is 20.3 Å². The summed E-state index contributed by atoms with van der Waals surface area (Å²) in [6.45, 7) is 23.9. The van der Waals surface area contributed by atoms with Crippen molar-refractivity contribution in [2.24, 2.45) is 0 Å². The van der Waals surface area contributed by atoms with Crippen molar-refractivity contribution in [2.75, 3.05) is 5.32 Å². The maximum absolute atomic E-state index is 13.4. The quantitative estimate of drug-likeness (QED) is 0.186. The second kappa shape index (κ2) is 13.7. The Bertz CT molecular complexity index is 1300. The van der Waals surface area contributed by atoms with Crippen molar-refractivity contribution in [1.82, 2.24) is 10.9 Å². The Morgan fingerprint density at radius 2 is 1.50 bits per heavy atom. The van der Waals surface area contributed by atoms with E-state index in [0.717, 1.165) is 5.56 Å². The zero-order chi connectivity index (χ0) is 32.1. The average Bonchev–Trinajstić information content (AvgIpc) is 2.87. The Labute approximate surface area is 258 Å². The molecule has 2 aromatic rings. The van der Waals surface area contributed by atoms with Gasteiger partial charge in [-0.05, 0) is 79.1 Å². The summed E-state index contributed by atoms with van der Waals surface area (Å²) < 4.78 is 12.8. The van der Waals surface area contributed by atoms with Gasteiger partial charge in [0.1, 0.15) is 12.1 Å². The number of amides is 2. The molecule has 8 nitrogen and oxygen atoms in total. The molecule has 2 atom stereocenters. The summed E-state index contributed by atoms with van der Waals surface area (Å²) >= 11 is 6.23. The molecule has 0 fully saturated rings. The van der Waals surface area contributed by atoms with Crippen LogP contribution in [0.2, 0.25) is 41.3 Å². The molecule has 0 aliphatic heterocycles. The molecule has 230 valence electrons. The average molecular weight is 631 g/mol. The number of nitrogens with zero attached hydrogens (tertiary/aromatic N) is 1. The minimum absolute atomic E-state index is 0.0733. The van der Waals surface area contributed by atoms with Gasteiger partial charge in [0.15, 0.2) is 16.6 Å². The van der Waals surface area contributed by atoms with Crippen molar-refractivity contribution in [2.45, 2.75) is 103 Å². The third kappa shape index (κ3) is 9.41. The first kappa shape index (κ1) is 35.5. The van der Waals surface area contributed by atoms with Crippen LogP contribution in [0.3, 0.4) is 0 Å². The van der Waals surface area contributed by atoms with Crippen LogP contribution in [0.25, 0.3) is 0 Å². The van der Waals surface area contributed by atoms with E-state index in [1.54, 1.807) is 30.3 Å². The van der Waals surface area contributed by atoms with Crippen molar-refractivity contribution in [3.8, 4) is 6.07 Å². The molecule has 0 saturated carbocycles. The fourth-order valence-corrected chi connectivity index (χ4v) is 6.08. The molecule has 11 heteroatoms. The summed E-state index contributed by atoms with van der Waals surface area (Å²) in [6.07, 6.45) is -0.544. The molecule has 2 rings (SSSR count). The molecule has 3 N–H and O–H groups in total. The second-order valence-electron chi connectivity index (χ2n) is 13.7.